The molecule has 0 bridgehead atoms. The normalized spacial score (nSPS) is 15.2. The molecule has 0 amide bonds. The van der Waals surface area contributed by atoms with Crippen molar-refractivity contribution in [2.75, 3.05) is 23.3 Å². The van der Waals surface area contributed by atoms with Crippen LogP contribution in [0.1, 0.15) is 31.9 Å². The zero-order valence-corrected chi connectivity index (χ0v) is 13.0. The first-order valence-corrected chi connectivity index (χ1v) is 7.92. The van der Waals surface area contributed by atoms with Crippen LogP contribution in [-0.2, 0) is 6.54 Å². The van der Waals surface area contributed by atoms with Crippen LogP contribution in [0.2, 0.25) is 0 Å². The zero-order chi connectivity index (χ0) is 14.7. The maximum Gasteiger partial charge on any atom is 0.207 e. The van der Waals surface area contributed by atoms with E-state index in [0.717, 1.165) is 23.9 Å². The third-order valence-electron chi connectivity index (χ3n) is 4.08. The number of anilines is 3. The highest BCUT2D eigenvalue weighted by molar-refractivity contribution is 5.59. The molecule has 0 aliphatic carbocycles. The second-order valence-corrected chi connectivity index (χ2v) is 5.71. The molecule has 2 aromatic rings. The van der Waals surface area contributed by atoms with Gasteiger partial charge in [0.25, 0.3) is 0 Å². The summed E-state index contributed by atoms with van der Waals surface area (Å²) in [5.41, 5.74) is 3.47. The highest BCUT2D eigenvalue weighted by Crippen LogP contribution is 2.23. The van der Waals surface area contributed by atoms with E-state index >= 15 is 0 Å². The van der Waals surface area contributed by atoms with Crippen LogP contribution in [0.15, 0.2) is 30.5 Å². The molecule has 1 aromatic carbocycles. The maximum absolute atomic E-state index is 4.53. The highest BCUT2D eigenvalue weighted by atomic mass is 15.2. The summed E-state index contributed by atoms with van der Waals surface area (Å²) >= 11 is 0. The van der Waals surface area contributed by atoms with Gasteiger partial charge in [-0.2, -0.15) is 0 Å². The maximum atomic E-state index is 4.53. The molecule has 0 spiro atoms. The number of hydrogen-bond donors (Lipinski definition) is 1. The van der Waals surface area contributed by atoms with Gasteiger partial charge in [0, 0.05) is 37.2 Å². The van der Waals surface area contributed by atoms with Crippen molar-refractivity contribution in [3.63, 3.8) is 0 Å². The number of nitrogens with one attached hydrogen (secondary N) is 1. The van der Waals surface area contributed by atoms with Gasteiger partial charge in [-0.3, -0.25) is 0 Å². The predicted molar refractivity (Wildman–Crippen MR) is 88.4 cm³/mol. The second kappa shape index (κ2) is 6.20. The number of aromatic nitrogens is 2. The summed E-state index contributed by atoms with van der Waals surface area (Å²) in [6, 6.07) is 8.71. The lowest BCUT2D eigenvalue weighted by molar-refractivity contribution is 0.578. The molecule has 112 valence electrons. The summed E-state index contributed by atoms with van der Waals surface area (Å²) in [6.45, 7) is 7.45. The minimum Gasteiger partial charge on any atom is -0.372 e. The Morgan fingerprint density at radius 1 is 1.10 bits per heavy atom. The van der Waals surface area contributed by atoms with Crippen molar-refractivity contribution in [3.05, 3.63) is 36.2 Å². The molecular weight excluding hydrogens is 260 g/mol. The molecule has 1 saturated heterocycles. The van der Waals surface area contributed by atoms with Gasteiger partial charge in [0.2, 0.25) is 5.95 Å². The molecular formula is C17H24N4. The standard InChI is InChI=1S/C17H24N4/c1-3-20-13-14(2)18-17(20)19-15-7-9-16(10-8-15)21-11-5-4-6-12-21/h7-10,13H,3-6,11-12H2,1-2H3,(H,18,19). The van der Waals surface area contributed by atoms with E-state index in [-0.39, 0.29) is 0 Å². The monoisotopic (exact) mass is 284 g/mol. The lowest BCUT2D eigenvalue weighted by Gasteiger charge is -2.28. The van der Waals surface area contributed by atoms with E-state index in [1.165, 1.54) is 38.0 Å². The Morgan fingerprint density at radius 3 is 2.48 bits per heavy atom. The van der Waals surface area contributed by atoms with Crippen molar-refractivity contribution in [1.29, 1.82) is 0 Å². The van der Waals surface area contributed by atoms with Gasteiger partial charge in [-0.25, -0.2) is 4.98 Å². The van der Waals surface area contributed by atoms with E-state index < -0.39 is 0 Å². The molecule has 1 aliphatic heterocycles. The zero-order valence-electron chi connectivity index (χ0n) is 13.0. The molecule has 0 unspecified atom stereocenters. The smallest absolute Gasteiger partial charge is 0.207 e. The van der Waals surface area contributed by atoms with Gasteiger partial charge in [0.05, 0.1) is 5.69 Å². The Bertz CT molecular complexity index is 579. The van der Waals surface area contributed by atoms with Crippen LogP contribution in [0.3, 0.4) is 0 Å². The van der Waals surface area contributed by atoms with Gasteiger partial charge in [-0.15, -0.1) is 0 Å². The van der Waals surface area contributed by atoms with Crippen molar-refractivity contribution in [2.45, 2.75) is 39.7 Å². The summed E-state index contributed by atoms with van der Waals surface area (Å²) in [5.74, 6) is 0.917. The van der Waals surface area contributed by atoms with Gasteiger partial charge < -0.3 is 14.8 Å². The molecule has 21 heavy (non-hydrogen) atoms. The van der Waals surface area contributed by atoms with Crippen LogP contribution in [0.5, 0.6) is 0 Å². The molecule has 0 saturated carbocycles. The van der Waals surface area contributed by atoms with Gasteiger partial charge in [-0.1, -0.05) is 0 Å². The van der Waals surface area contributed by atoms with Crippen molar-refractivity contribution >= 4 is 17.3 Å². The van der Waals surface area contributed by atoms with Crippen LogP contribution in [0.25, 0.3) is 0 Å². The number of nitrogens with zero attached hydrogens (tertiary/aromatic N) is 3. The van der Waals surface area contributed by atoms with Crippen LogP contribution < -0.4 is 10.2 Å². The number of benzene rings is 1. The molecule has 1 N–H and O–H groups in total. The first-order valence-electron chi connectivity index (χ1n) is 7.92. The number of piperidine rings is 1. The third kappa shape index (κ3) is 3.20. The fourth-order valence-corrected chi connectivity index (χ4v) is 2.92. The van der Waals surface area contributed by atoms with E-state index in [1.807, 2.05) is 6.92 Å². The lowest BCUT2D eigenvalue weighted by Crippen LogP contribution is -2.29. The molecule has 1 aliphatic rings. The minimum atomic E-state index is 0.917. The van der Waals surface area contributed by atoms with Gasteiger partial charge in [0.15, 0.2) is 0 Å². The van der Waals surface area contributed by atoms with E-state index in [1.54, 1.807) is 0 Å². The SMILES string of the molecule is CCn1cc(C)nc1Nc1ccc(N2CCCCC2)cc1. The van der Waals surface area contributed by atoms with Crippen LogP contribution >= 0.6 is 0 Å². The Morgan fingerprint density at radius 2 is 1.81 bits per heavy atom. The van der Waals surface area contributed by atoms with Crippen LogP contribution in [0, 0.1) is 6.92 Å². The van der Waals surface area contributed by atoms with E-state index in [2.05, 4.69) is 57.2 Å². The summed E-state index contributed by atoms with van der Waals surface area (Å²) in [7, 11) is 0. The average Bonchev–Trinajstić information content (AvgIpc) is 2.88. The fraction of sp³-hybridized carbons (Fsp3) is 0.471. The summed E-state index contributed by atoms with van der Waals surface area (Å²) in [4.78, 5) is 7.01. The summed E-state index contributed by atoms with van der Waals surface area (Å²) in [6.07, 6.45) is 6.07. The highest BCUT2D eigenvalue weighted by Gasteiger charge is 2.11. The number of rotatable bonds is 4. The molecule has 1 aromatic heterocycles. The predicted octanol–water partition coefficient (Wildman–Crippen LogP) is 3.95. The van der Waals surface area contributed by atoms with Gasteiger partial charge in [-0.05, 0) is 57.4 Å². The Kier molecular flexibility index (Phi) is 4.13. The number of imidazole rings is 1. The van der Waals surface area contributed by atoms with Gasteiger partial charge >= 0.3 is 0 Å². The lowest BCUT2D eigenvalue weighted by atomic mass is 10.1. The van der Waals surface area contributed by atoms with Crippen molar-refractivity contribution < 1.29 is 0 Å². The molecule has 2 heterocycles. The fourth-order valence-electron chi connectivity index (χ4n) is 2.92. The van der Waals surface area contributed by atoms with Crippen molar-refractivity contribution in [2.24, 2.45) is 0 Å². The van der Waals surface area contributed by atoms with E-state index in [4.69, 9.17) is 0 Å². The first kappa shape index (κ1) is 14.0. The first-order chi connectivity index (χ1) is 10.3. The second-order valence-electron chi connectivity index (χ2n) is 5.71. The Hall–Kier alpha value is -1.97. The Labute approximate surface area is 126 Å². The minimum absolute atomic E-state index is 0.917. The summed E-state index contributed by atoms with van der Waals surface area (Å²) in [5, 5.41) is 3.41. The molecule has 0 radical (unpaired) electrons. The average molecular weight is 284 g/mol. The quantitative estimate of drug-likeness (QED) is 0.923. The molecule has 3 rings (SSSR count). The topological polar surface area (TPSA) is 33.1 Å². The molecule has 4 nitrogen and oxygen atoms in total. The van der Waals surface area contributed by atoms with E-state index in [9.17, 15) is 0 Å². The Balaban J connectivity index is 1.71. The summed E-state index contributed by atoms with van der Waals surface area (Å²) < 4.78 is 2.13. The van der Waals surface area contributed by atoms with Crippen molar-refractivity contribution in [1.82, 2.24) is 9.55 Å². The van der Waals surface area contributed by atoms with Crippen LogP contribution in [-0.4, -0.2) is 22.6 Å². The molecule has 0 atom stereocenters. The molecule has 1 fully saturated rings. The van der Waals surface area contributed by atoms with E-state index in [0.29, 0.717) is 0 Å². The number of aryl methyl sites for hydroxylation is 2. The largest absolute Gasteiger partial charge is 0.372 e. The van der Waals surface area contributed by atoms with Gasteiger partial charge in [0.1, 0.15) is 0 Å². The third-order valence-corrected chi connectivity index (χ3v) is 4.08. The number of hydrogen-bond acceptors (Lipinski definition) is 3. The molecule has 4 heteroatoms. The van der Waals surface area contributed by atoms with Crippen molar-refractivity contribution in [3.8, 4) is 0 Å². The van der Waals surface area contributed by atoms with Crippen LogP contribution in [0.4, 0.5) is 17.3 Å².